The van der Waals surface area contributed by atoms with Crippen molar-refractivity contribution in [3.05, 3.63) is 83.2 Å². The zero-order valence-corrected chi connectivity index (χ0v) is 18.0. The zero-order valence-electron chi connectivity index (χ0n) is 18.0. The molecule has 3 aromatic rings. The minimum atomic E-state index is -0.343. The molecule has 3 heterocycles. The number of amides is 2. The minimum Gasteiger partial charge on any atom is -0.366 e. The van der Waals surface area contributed by atoms with Crippen LogP contribution in [0.25, 0.3) is 0 Å². The van der Waals surface area contributed by atoms with Gasteiger partial charge in [0, 0.05) is 45.3 Å². The zero-order chi connectivity index (χ0) is 22.9. The van der Waals surface area contributed by atoms with Gasteiger partial charge >= 0.3 is 0 Å². The number of hydrogen-bond acceptors (Lipinski definition) is 4. The summed E-state index contributed by atoms with van der Waals surface area (Å²) in [5, 5.41) is 4.37. The number of aromatic nitrogens is 2. The molecule has 0 N–H and O–H groups in total. The van der Waals surface area contributed by atoms with Crippen LogP contribution in [-0.4, -0.2) is 64.1 Å². The highest BCUT2D eigenvalue weighted by molar-refractivity contribution is 5.98. The van der Waals surface area contributed by atoms with E-state index in [2.05, 4.69) is 5.10 Å². The van der Waals surface area contributed by atoms with E-state index >= 15 is 0 Å². The van der Waals surface area contributed by atoms with E-state index in [1.54, 1.807) is 44.8 Å². The second-order valence-corrected chi connectivity index (χ2v) is 8.23. The number of para-hydroxylation sites is 1. The molecule has 0 radical (unpaired) electrons. The maximum absolute atomic E-state index is 14.1. The van der Waals surface area contributed by atoms with Crippen LogP contribution in [0.5, 0.6) is 0 Å². The van der Waals surface area contributed by atoms with E-state index in [9.17, 15) is 18.4 Å². The van der Waals surface area contributed by atoms with Crippen molar-refractivity contribution in [3.8, 4) is 0 Å². The Bertz CT molecular complexity index is 1200. The smallest absolute Gasteiger partial charge is 0.274 e. The fraction of sp³-hybridized carbons (Fsp3) is 0.292. The minimum absolute atomic E-state index is 0.227. The Morgan fingerprint density at radius 1 is 0.909 bits per heavy atom. The number of piperazine rings is 1. The summed E-state index contributed by atoms with van der Waals surface area (Å²) in [6, 6.07) is 14.3. The lowest BCUT2D eigenvalue weighted by Crippen LogP contribution is -2.49. The summed E-state index contributed by atoms with van der Waals surface area (Å²) in [5.74, 6) is -1.10. The van der Waals surface area contributed by atoms with E-state index < -0.39 is 0 Å². The Labute approximate surface area is 189 Å². The third kappa shape index (κ3) is 4.18. The van der Waals surface area contributed by atoms with Crippen molar-refractivity contribution in [3.63, 3.8) is 0 Å². The van der Waals surface area contributed by atoms with Gasteiger partial charge in [0.1, 0.15) is 17.3 Å². The molecule has 7 nitrogen and oxygen atoms in total. The Hall–Kier alpha value is -3.75. The number of benzene rings is 2. The first-order valence-electron chi connectivity index (χ1n) is 10.9. The van der Waals surface area contributed by atoms with Gasteiger partial charge in [-0.3, -0.25) is 14.3 Å². The molecule has 33 heavy (non-hydrogen) atoms. The number of rotatable bonds is 4. The number of fused-ring (bicyclic) bond motifs is 1. The van der Waals surface area contributed by atoms with Crippen LogP contribution >= 0.6 is 0 Å². The molecule has 0 saturated carbocycles. The highest BCUT2D eigenvalue weighted by atomic mass is 19.1. The Balaban J connectivity index is 1.25. The third-order valence-electron chi connectivity index (χ3n) is 6.11. The van der Waals surface area contributed by atoms with Crippen LogP contribution in [0.4, 0.5) is 14.5 Å². The van der Waals surface area contributed by atoms with Crippen LogP contribution in [-0.2, 0) is 13.1 Å². The average molecular weight is 451 g/mol. The molecular weight excluding hydrogens is 428 g/mol. The van der Waals surface area contributed by atoms with Crippen molar-refractivity contribution in [2.45, 2.75) is 13.1 Å². The first-order chi connectivity index (χ1) is 16.0. The molecule has 5 rings (SSSR count). The first-order valence-corrected chi connectivity index (χ1v) is 10.9. The number of nitrogens with zero attached hydrogens (tertiary/aromatic N) is 5. The maximum Gasteiger partial charge on any atom is 0.274 e. The molecule has 1 saturated heterocycles. The number of anilines is 1. The second-order valence-electron chi connectivity index (χ2n) is 8.23. The van der Waals surface area contributed by atoms with Crippen LogP contribution < -0.4 is 4.90 Å². The lowest BCUT2D eigenvalue weighted by molar-refractivity contribution is 0.0680. The molecule has 2 amide bonds. The van der Waals surface area contributed by atoms with E-state index in [0.717, 1.165) is 0 Å². The Kier molecular flexibility index (Phi) is 5.53. The lowest BCUT2D eigenvalue weighted by Gasteiger charge is -2.35. The fourth-order valence-electron chi connectivity index (χ4n) is 4.37. The molecule has 0 atom stereocenters. The van der Waals surface area contributed by atoms with Crippen LogP contribution in [0.2, 0.25) is 0 Å². The largest absolute Gasteiger partial charge is 0.366 e. The maximum atomic E-state index is 14.1. The number of hydrogen-bond donors (Lipinski definition) is 0. The highest BCUT2D eigenvalue weighted by Crippen LogP contribution is 2.22. The summed E-state index contributed by atoms with van der Waals surface area (Å²) in [4.78, 5) is 31.2. The number of carbonyl (C=O) groups is 2. The molecule has 9 heteroatoms. The fourth-order valence-corrected chi connectivity index (χ4v) is 4.37. The highest BCUT2D eigenvalue weighted by Gasteiger charge is 2.30. The molecule has 0 aliphatic carbocycles. The van der Waals surface area contributed by atoms with Gasteiger partial charge in [0.25, 0.3) is 11.8 Å². The molecule has 1 fully saturated rings. The summed E-state index contributed by atoms with van der Waals surface area (Å²) in [6.07, 6.45) is 0. The molecule has 0 spiro atoms. The van der Waals surface area contributed by atoms with Crippen LogP contribution in [0, 0.1) is 11.6 Å². The van der Waals surface area contributed by atoms with Crippen molar-refractivity contribution in [2.24, 2.45) is 0 Å². The second kappa shape index (κ2) is 8.65. The third-order valence-corrected chi connectivity index (χ3v) is 6.11. The molecule has 0 bridgehead atoms. The van der Waals surface area contributed by atoms with Gasteiger partial charge in [-0.05, 0) is 29.8 Å². The molecule has 2 aromatic carbocycles. The van der Waals surface area contributed by atoms with E-state index in [1.807, 2.05) is 4.90 Å². The van der Waals surface area contributed by atoms with E-state index in [4.69, 9.17) is 0 Å². The van der Waals surface area contributed by atoms with Crippen molar-refractivity contribution >= 4 is 17.5 Å². The Morgan fingerprint density at radius 3 is 2.45 bits per heavy atom. The van der Waals surface area contributed by atoms with Gasteiger partial charge in [0.05, 0.1) is 12.2 Å². The molecule has 0 unspecified atom stereocenters. The van der Waals surface area contributed by atoms with Crippen molar-refractivity contribution in [1.82, 2.24) is 19.6 Å². The van der Waals surface area contributed by atoms with Crippen molar-refractivity contribution in [2.75, 3.05) is 37.6 Å². The van der Waals surface area contributed by atoms with Crippen molar-refractivity contribution < 1.29 is 18.4 Å². The van der Waals surface area contributed by atoms with E-state index in [0.29, 0.717) is 62.8 Å². The van der Waals surface area contributed by atoms with Gasteiger partial charge in [-0.2, -0.15) is 5.10 Å². The molecule has 1 aromatic heterocycles. The van der Waals surface area contributed by atoms with Gasteiger partial charge in [0.2, 0.25) is 0 Å². The molecule has 170 valence electrons. The van der Waals surface area contributed by atoms with Gasteiger partial charge in [-0.25, -0.2) is 8.78 Å². The normalized spacial score (nSPS) is 16.2. The monoisotopic (exact) mass is 451 g/mol. The predicted octanol–water partition coefficient (Wildman–Crippen LogP) is 2.78. The molecular formula is C24H23F2N5O2. The molecule has 2 aliphatic rings. The van der Waals surface area contributed by atoms with Crippen LogP contribution in [0.15, 0.2) is 54.6 Å². The first kappa shape index (κ1) is 21.1. The van der Waals surface area contributed by atoms with Crippen molar-refractivity contribution in [1.29, 1.82) is 0 Å². The lowest BCUT2D eigenvalue weighted by atomic mass is 10.1. The summed E-state index contributed by atoms with van der Waals surface area (Å²) in [6.45, 7) is 3.10. The van der Waals surface area contributed by atoms with Gasteiger partial charge in [0.15, 0.2) is 5.69 Å². The topological polar surface area (TPSA) is 61.7 Å². The summed E-state index contributed by atoms with van der Waals surface area (Å²) >= 11 is 0. The Morgan fingerprint density at radius 2 is 1.70 bits per heavy atom. The number of carbonyl (C=O) groups excluding carboxylic acids is 2. The number of halogens is 2. The average Bonchev–Trinajstić information content (AvgIpc) is 3.26. The standard InChI is InChI=1S/C24H23F2N5O2/c25-18-5-3-4-17(14-18)16-30-12-13-31-22(24(30)33)15-20(27-31)23(32)29-10-8-28(9-11-29)21-7-2-1-6-19(21)26/h1-7,14-15H,8-13,16H2. The SMILES string of the molecule is O=C(c1cc2n(n1)CCN(Cc1cccc(F)c1)C2=O)N1CCN(c2ccccc2F)CC1. The van der Waals surface area contributed by atoms with Gasteiger partial charge in [-0.15, -0.1) is 0 Å². The van der Waals surface area contributed by atoms with Crippen LogP contribution in [0.3, 0.4) is 0 Å². The van der Waals surface area contributed by atoms with Gasteiger partial charge < -0.3 is 14.7 Å². The quantitative estimate of drug-likeness (QED) is 0.612. The van der Waals surface area contributed by atoms with Gasteiger partial charge in [-0.1, -0.05) is 24.3 Å². The molecule has 2 aliphatic heterocycles. The van der Waals surface area contributed by atoms with E-state index in [-0.39, 0.29) is 29.1 Å². The summed E-state index contributed by atoms with van der Waals surface area (Å²) < 4.78 is 29.1. The van der Waals surface area contributed by atoms with E-state index in [1.165, 1.54) is 24.3 Å². The van der Waals surface area contributed by atoms with Crippen LogP contribution in [0.1, 0.15) is 26.5 Å². The summed E-state index contributed by atoms with van der Waals surface area (Å²) in [5.41, 5.74) is 1.82. The summed E-state index contributed by atoms with van der Waals surface area (Å²) in [7, 11) is 0. The predicted molar refractivity (Wildman–Crippen MR) is 118 cm³/mol.